The van der Waals surface area contributed by atoms with Crippen molar-refractivity contribution in [3.05, 3.63) is 99.2 Å². The third-order valence-corrected chi connectivity index (χ3v) is 5.96. The van der Waals surface area contributed by atoms with Gasteiger partial charge in [0.25, 0.3) is 17.7 Å². The van der Waals surface area contributed by atoms with Crippen molar-refractivity contribution in [2.24, 2.45) is 0 Å². The maximum absolute atomic E-state index is 13.1. The molecule has 0 spiro atoms. The summed E-state index contributed by atoms with van der Waals surface area (Å²) in [7, 11) is 1.27. The summed E-state index contributed by atoms with van der Waals surface area (Å²) in [6.07, 6.45) is 0. The Morgan fingerprint density at radius 2 is 1.53 bits per heavy atom. The van der Waals surface area contributed by atoms with E-state index in [0.29, 0.717) is 27.6 Å². The number of nitrogens with one attached hydrogen (secondary N) is 2. The maximum Gasteiger partial charge on any atom is 0.337 e. The molecule has 10 heteroatoms. The Morgan fingerprint density at radius 3 is 2.25 bits per heavy atom. The second-order valence-corrected chi connectivity index (χ2v) is 8.61. The van der Waals surface area contributed by atoms with Gasteiger partial charge in [-0.05, 0) is 61.0 Å². The number of esters is 1. The average molecular weight is 524 g/mol. The molecule has 0 unspecified atom stereocenters. The number of hydrogen-bond donors (Lipinski definition) is 2. The lowest BCUT2D eigenvalue weighted by molar-refractivity contribution is -0.120. The number of rotatable bonds is 6. The van der Waals surface area contributed by atoms with Crippen molar-refractivity contribution >= 4 is 64.0 Å². The first-order valence-corrected chi connectivity index (χ1v) is 11.4. The van der Waals surface area contributed by atoms with E-state index in [0.717, 1.165) is 4.90 Å². The van der Waals surface area contributed by atoms with Crippen LogP contribution in [0.1, 0.15) is 26.3 Å². The van der Waals surface area contributed by atoms with Crippen molar-refractivity contribution in [1.82, 2.24) is 0 Å². The summed E-state index contributed by atoms with van der Waals surface area (Å²) < 4.78 is 4.70. The number of nitrogens with zero attached hydrogens (tertiary/aromatic N) is 1. The molecule has 0 bridgehead atoms. The van der Waals surface area contributed by atoms with Crippen LogP contribution in [0.15, 0.2) is 77.5 Å². The van der Waals surface area contributed by atoms with Gasteiger partial charge in [-0.15, -0.1) is 0 Å². The highest BCUT2D eigenvalue weighted by atomic mass is 35.5. The molecule has 0 aromatic heterocycles. The van der Waals surface area contributed by atoms with E-state index in [1.165, 1.54) is 25.3 Å². The van der Waals surface area contributed by atoms with E-state index in [4.69, 9.17) is 27.9 Å². The van der Waals surface area contributed by atoms with E-state index in [2.05, 4.69) is 10.6 Å². The van der Waals surface area contributed by atoms with Crippen molar-refractivity contribution in [3.8, 4) is 0 Å². The minimum absolute atomic E-state index is 0.121. The summed E-state index contributed by atoms with van der Waals surface area (Å²) in [4.78, 5) is 51.4. The third-order valence-electron chi connectivity index (χ3n) is 5.38. The van der Waals surface area contributed by atoms with Gasteiger partial charge in [0.05, 0.1) is 18.4 Å². The molecule has 4 rings (SSSR count). The number of imide groups is 1. The molecule has 0 fully saturated rings. The molecule has 1 aliphatic rings. The van der Waals surface area contributed by atoms with Crippen LogP contribution in [-0.2, 0) is 14.3 Å². The Hall–Kier alpha value is -4.14. The summed E-state index contributed by atoms with van der Waals surface area (Å²) in [6.45, 7) is 1.74. The maximum atomic E-state index is 13.1. The van der Waals surface area contributed by atoms with Crippen molar-refractivity contribution in [2.75, 3.05) is 22.6 Å². The van der Waals surface area contributed by atoms with Crippen LogP contribution in [-0.4, -0.2) is 30.8 Å². The highest BCUT2D eigenvalue weighted by molar-refractivity contribution is 6.53. The van der Waals surface area contributed by atoms with Gasteiger partial charge in [0.1, 0.15) is 10.7 Å². The molecule has 3 aromatic rings. The molecule has 0 saturated carbocycles. The number of amides is 3. The van der Waals surface area contributed by atoms with Crippen LogP contribution in [0.2, 0.25) is 5.02 Å². The van der Waals surface area contributed by atoms with Crippen LogP contribution in [0.4, 0.5) is 17.1 Å². The van der Waals surface area contributed by atoms with E-state index >= 15 is 0 Å². The summed E-state index contributed by atoms with van der Waals surface area (Å²) in [5, 5.41) is 5.65. The van der Waals surface area contributed by atoms with E-state index in [1.54, 1.807) is 55.5 Å². The molecular weight excluding hydrogens is 505 g/mol. The number of hydrogen-bond acceptors (Lipinski definition) is 6. The molecule has 1 aliphatic heterocycles. The second-order valence-electron chi connectivity index (χ2n) is 7.80. The number of anilines is 3. The van der Waals surface area contributed by atoms with E-state index in [-0.39, 0.29) is 21.9 Å². The van der Waals surface area contributed by atoms with Crippen LogP contribution < -0.4 is 15.5 Å². The number of ether oxygens (including phenoxy) is 1. The third kappa shape index (κ3) is 4.95. The smallest absolute Gasteiger partial charge is 0.337 e. The van der Waals surface area contributed by atoms with Gasteiger partial charge in [0.2, 0.25) is 0 Å². The molecule has 2 N–H and O–H groups in total. The summed E-state index contributed by atoms with van der Waals surface area (Å²) >= 11 is 12.3. The van der Waals surface area contributed by atoms with E-state index < -0.39 is 23.7 Å². The molecule has 0 radical (unpaired) electrons. The number of carbonyl (C=O) groups excluding carboxylic acids is 4. The minimum Gasteiger partial charge on any atom is -0.465 e. The Balaban J connectivity index is 1.54. The first kappa shape index (κ1) is 25.0. The number of benzene rings is 3. The van der Waals surface area contributed by atoms with E-state index in [9.17, 15) is 19.2 Å². The Bertz CT molecular complexity index is 1450. The fourth-order valence-corrected chi connectivity index (χ4v) is 3.96. The molecule has 36 heavy (non-hydrogen) atoms. The van der Waals surface area contributed by atoms with Gasteiger partial charge in [-0.2, -0.15) is 0 Å². The van der Waals surface area contributed by atoms with Gasteiger partial charge in [0, 0.05) is 22.0 Å². The fourth-order valence-electron chi connectivity index (χ4n) is 3.58. The van der Waals surface area contributed by atoms with Gasteiger partial charge in [-0.3, -0.25) is 14.4 Å². The van der Waals surface area contributed by atoms with Gasteiger partial charge in [0.15, 0.2) is 0 Å². The molecule has 0 aliphatic carbocycles. The van der Waals surface area contributed by atoms with Gasteiger partial charge in [-0.1, -0.05) is 41.4 Å². The average Bonchev–Trinajstić information content (AvgIpc) is 3.08. The monoisotopic (exact) mass is 523 g/mol. The van der Waals surface area contributed by atoms with Crippen LogP contribution in [0, 0.1) is 6.92 Å². The van der Waals surface area contributed by atoms with Crippen molar-refractivity contribution in [2.45, 2.75) is 6.92 Å². The Labute approximate surface area is 216 Å². The normalized spacial score (nSPS) is 13.2. The molecule has 3 amide bonds. The fraction of sp³-hybridized carbons (Fsp3) is 0.0769. The second kappa shape index (κ2) is 10.2. The van der Waals surface area contributed by atoms with Crippen LogP contribution in [0.5, 0.6) is 0 Å². The summed E-state index contributed by atoms with van der Waals surface area (Å²) in [5.41, 5.74) is 2.19. The van der Waals surface area contributed by atoms with Gasteiger partial charge in [-0.25, -0.2) is 9.69 Å². The first-order chi connectivity index (χ1) is 17.2. The van der Waals surface area contributed by atoms with Gasteiger partial charge >= 0.3 is 5.97 Å². The van der Waals surface area contributed by atoms with Crippen LogP contribution >= 0.6 is 23.2 Å². The zero-order valence-electron chi connectivity index (χ0n) is 19.1. The predicted molar refractivity (Wildman–Crippen MR) is 137 cm³/mol. The van der Waals surface area contributed by atoms with Crippen LogP contribution in [0.3, 0.4) is 0 Å². The minimum atomic E-state index is -0.686. The zero-order valence-corrected chi connectivity index (χ0v) is 20.6. The number of halogens is 2. The molecule has 0 saturated heterocycles. The lowest BCUT2D eigenvalue weighted by Gasteiger charge is -2.18. The van der Waals surface area contributed by atoms with Crippen LogP contribution in [0.25, 0.3) is 0 Å². The van der Waals surface area contributed by atoms with Crippen molar-refractivity contribution in [3.63, 3.8) is 0 Å². The van der Waals surface area contributed by atoms with Crippen molar-refractivity contribution in [1.29, 1.82) is 0 Å². The Kier molecular flexibility index (Phi) is 7.10. The Morgan fingerprint density at radius 1 is 0.861 bits per heavy atom. The van der Waals surface area contributed by atoms with Crippen molar-refractivity contribution < 1.29 is 23.9 Å². The molecule has 0 atom stereocenters. The molecule has 182 valence electrons. The van der Waals surface area contributed by atoms with Gasteiger partial charge < -0.3 is 15.4 Å². The number of aryl methyl sites for hydroxylation is 1. The lowest BCUT2D eigenvalue weighted by atomic mass is 10.1. The molecule has 8 nitrogen and oxygen atoms in total. The predicted octanol–water partition coefficient (Wildman–Crippen LogP) is 5.12. The van der Waals surface area contributed by atoms with E-state index in [1.807, 2.05) is 0 Å². The quantitative estimate of drug-likeness (QED) is 0.343. The molecular formula is C26H19Cl2N3O5. The highest BCUT2D eigenvalue weighted by Gasteiger charge is 2.39. The number of carbonyl (C=O) groups is 4. The topological polar surface area (TPSA) is 105 Å². The highest BCUT2D eigenvalue weighted by Crippen LogP contribution is 2.33. The summed E-state index contributed by atoms with van der Waals surface area (Å²) in [5.74, 6) is -2.32. The largest absolute Gasteiger partial charge is 0.465 e. The summed E-state index contributed by atoms with van der Waals surface area (Å²) in [6, 6.07) is 17.5. The number of methoxy groups -OCH3 is 1. The molecule has 1 heterocycles. The SMILES string of the molecule is COC(=O)c1cccc(NC(=O)c2cccc(NC3=C(Cl)C(=O)N(c4cc(Cl)ccc4C)C3=O)c2)c1. The first-order valence-electron chi connectivity index (χ1n) is 10.6. The standard InChI is InChI=1S/C26H19Cl2N3O5/c1-14-9-10-17(27)13-20(14)31-24(33)21(28)22(25(31)34)29-18-7-3-5-15(11-18)23(32)30-19-8-4-6-16(12-19)26(35)36-2/h3-13,29H,1-2H3,(H,30,32). The molecule has 3 aromatic carbocycles. The zero-order chi connectivity index (χ0) is 26.0. The lowest BCUT2D eigenvalue weighted by Crippen LogP contribution is -2.32.